The van der Waals surface area contributed by atoms with Crippen LogP contribution in [-0.4, -0.2) is 36.5 Å². The zero-order valence-electron chi connectivity index (χ0n) is 14.7. The minimum absolute atomic E-state index is 0.430. The second kappa shape index (κ2) is 8.41. The lowest BCUT2D eigenvalue weighted by molar-refractivity contribution is 0.208. The third-order valence-corrected chi connectivity index (χ3v) is 5.38. The van der Waals surface area contributed by atoms with Crippen molar-refractivity contribution in [1.29, 1.82) is 5.41 Å². The van der Waals surface area contributed by atoms with Gasteiger partial charge in [0.15, 0.2) is 0 Å². The van der Waals surface area contributed by atoms with Crippen molar-refractivity contribution in [3.63, 3.8) is 0 Å². The molecule has 1 aliphatic heterocycles. The van der Waals surface area contributed by atoms with Gasteiger partial charge >= 0.3 is 0 Å². The van der Waals surface area contributed by atoms with Crippen LogP contribution >= 0.6 is 11.8 Å². The minimum atomic E-state index is 0.430. The summed E-state index contributed by atoms with van der Waals surface area (Å²) in [7, 11) is 0. The fourth-order valence-electron chi connectivity index (χ4n) is 3.37. The van der Waals surface area contributed by atoms with Crippen LogP contribution in [0, 0.1) is 5.41 Å². The predicted molar refractivity (Wildman–Crippen MR) is 109 cm³/mol. The standard InChI is InChI=1S/C20H26N4S/c1-25-19-6-2-4-15(10-19)13-24-9-3-5-18(14-24)23-17-7-8-20(22)16(11-17)12-21/h2,4,6-8,10-12,18,21,23H,3,5,9,13-14,22H2,1H3. The van der Waals surface area contributed by atoms with E-state index >= 15 is 0 Å². The van der Waals surface area contributed by atoms with E-state index in [1.165, 1.54) is 29.5 Å². The molecule has 2 aromatic carbocycles. The van der Waals surface area contributed by atoms with Crippen LogP contribution < -0.4 is 11.1 Å². The molecular formula is C20H26N4S. The summed E-state index contributed by atoms with van der Waals surface area (Å²) in [6.45, 7) is 3.18. The first-order chi connectivity index (χ1) is 12.2. The molecule has 0 spiro atoms. The molecule has 1 unspecified atom stereocenters. The maximum absolute atomic E-state index is 7.45. The van der Waals surface area contributed by atoms with Crippen molar-refractivity contribution in [2.75, 3.05) is 30.4 Å². The van der Waals surface area contributed by atoms with Crippen molar-refractivity contribution in [1.82, 2.24) is 4.90 Å². The Hall–Kier alpha value is -1.98. The molecule has 0 amide bonds. The lowest BCUT2D eigenvalue weighted by Crippen LogP contribution is -2.41. The number of nitrogens with zero attached hydrogens (tertiary/aromatic N) is 1. The van der Waals surface area contributed by atoms with Gasteiger partial charge in [0.05, 0.1) is 0 Å². The lowest BCUT2D eigenvalue weighted by atomic mass is 10.0. The highest BCUT2D eigenvalue weighted by Crippen LogP contribution is 2.22. The van der Waals surface area contributed by atoms with Crippen LogP contribution in [0.4, 0.5) is 11.4 Å². The van der Waals surface area contributed by atoms with Gasteiger partial charge in [-0.3, -0.25) is 4.90 Å². The van der Waals surface area contributed by atoms with Gasteiger partial charge in [0.1, 0.15) is 0 Å². The topological polar surface area (TPSA) is 65.1 Å². The first-order valence-electron chi connectivity index (χ1n) is 8.70. The van der Waals surface area contributed by atoms with E-state index in [-0.39, 0.29) is 0 Å². The van der Waals surface area contributed by atoms with Gasteiger partial charge in [0.25, 0.3) is 0 Å². The first kappa shape index (κ1) is 17.8. The predicted octanol–water partition coefficient (Wildman–Crippen LogP) is 4.06. The summed E-state index contributed by atoms with van der Waals surface area (Å²) in [5.41, 5.74) is 9.72. The molecule has 25 heavy (non-hydrogen) atoms. The van der Waals surface area contributed by atoms with E-state index in [0.717, 1.165) is 30.9 Å². The summed E-state index contributed by atoms with van der Waals surface area (Å²) in [4.78, 5) is 3.85. The number of benzene rings is 2. The van der Waals surface area contributed by atoms with E-state index < -0.39 is 0 Å². The molecule has 0 aliphatic carbocycles. The number of anilines is 2. The van der Waals surface area contributed by atoms with E-state index in [2.05, 4.69) is 40.7 Å². The van der Waals surface area contributed by atoms with Gasteiger partial charge in [-0.15, -0.1) is 11.8 Å². The maximum atomic E-state index is 7.45. The molecule has 3 rings (SSSR count). The Morgan fingerprint density at radius 1 is 1.32 bits per heavy atom. The van der Waals surface area contributed by atoms with Crippen molar-refractivity contribution in [2.24, 2.45) is 0 Å². The largest absolute Gasteiger partial charge is 0.398 e. The average Bonchev–Trinajstić information content (AvgIpc) is 2.64. The van der Waals surface area contributed by atoms with E-state index in [9.17, 15) is 0 Å². The SMILES string of the molecule is CSc1cccc(CN2CCCC(Nc3ccc(N)c(C=N)c3)C2)c1. The third-order valence-electron chi connectivity index (χ3n) is 4.66. The van der Waals surface area contributed by atoms with E-state index in [1.54, 1.807) is 11.8 Å². The van der Waals surface area contributed by atoms with Gasteiger partial charge in [-0.2, -0.15) is 0 Å². The molecule has 4 nitrogen and oxygen atoms in total. The average molecular weight is 355 g/mol. The first-order valence-corrected chi connectivity index (χ1v) is 9.92. The van der Waals surface area contributed by atoms with Gasteiger partial charge in [-0.25, -0.2) is 0 Å². The lowest BCUT2D eigenvalue weighted by Gasteiger charge is -2.34. The number of nitrogens with two attached hydrogens (primary N) is 1. The number of nitrogen functional groups attached to an aromatic ring is 1. The number of nitrogens with one attached hydrogen (secondary N) is 2. The Morgan fingerprint density at radius 3 is 3.00 bits per heavy atom. The normalized spacial score (nSPS) is 18.0. The Balaban J connectivity index is 1.62. The van der Waals surface area contributed by atoms with Crippen LogP contribution in [-0.2, 0) is 6.54 Å². The summed E-state index contributed by atoms with van der Waals surface area (Å²) >= 11 is 1.79. The molecule has 0 saturated carbocycles. The summed E-state index contributed by atoms with van der Waals surface area (Å²) in [5.74, 6) is 0. The second-order valence-corrected chi connectivity index (χ2v) is 7.44. The number of hydrogen-bond donors (Lipinski definition) is 3. The molecule has 4 N–H and O–H groups in total. The highest BCUT2D eigenvalue weighted by Gasteiger charge is 2.20. The van der Waals surface area contributed by atoms with E-state index in [0.29, 0.717) is 11.7 Å². The molecule has 1 atom stereocenters. The highest BCUT2D eigenvalue weighted by atomic mass is 32.2. The molecular weight excluding hydrogens is 328 g/mol. The van der Waals surface area contributed by atoms with Crippen LogP contribution in [0.5, 0.6) is 0 Å². The number of likely N-dealkylation sites (tertiary alicyclic amines) is 1. The molecule has 1 saturated heterocycles. The van der Waals surface area contributed by atoms with Crippen molar-refractivity contribution in [2.45, 2.75) is 30.3 Å². The summed E-state index contributed by atoms with van der Waals surface area (Å²) in [6, 6.07) is 15.1. The maximum Gasteiger partial charge on any atom is 0.0404 e. The summed E-state index contributed by atoms with van der Waals surface area (Å²) < 4.78 is 0. The Morgan fingerprint density at radius 2 is 2.20 bits per heavy atom. The third kappa shape index (κ3) is 4.77. The minimum Gasteiger partial charge on any atom is -0.398 e. The molecule has 1 fully saturated rings. The van der Waals surface area contributed by atoms with E-state index in [4.69, 9.17) is 11.1 Å². The van der Waals surface area contributed by atoms with Crippen LogP contribution in [0.2, 0.25) is 0 Å². The monoisotopic (exact) mass is 354 g/mol. The van der Waals surface area contributed by atoms with Crippen LogP contribution in [0.15, 0.2) is 47.4 Å². The van der Waals surface area contributed by atoms with Crippen molar-refractivity contribution < 1.29 is 0 Å². The van der Waals surface area contributed by atoms with Crippen LogP contribution in [0.3, 0.4) is 0 Å². The molecule has 132 valence electrons. The Kier molecular flexibility index (Phi) is 6.00. The molecule has 0 bridgehead atoms. The number of hydrogen-bond acceptors (Lipinski definition) is 5. The molecule has 0 radical (unpaired) electrons. The molecule has 5 heteroatoms. The fraction of sp³-hybridized carbons (Fsp3) is 0.350. The number of piperidine rings is 1. The Labute approximate surface area is 154 Å². The zero-order chi connectivity index (χ0) is 17.6. The summed E-state index contributed by atoms with van der Waals surface area (Å²) in [5, 5.41) is 11.1. The van der Waals surface area contributed by atoms with Crippen LogP contribution in [0.1, 0.15) is 24.0 Å². The number of rotatable bonds is 6. The van der Waals surface area contributed by atoms with Gasteiger partial charge < -0.3 is 16.5 Å². The van der Waals surface area contributed by atoms with Gasteiger partial charge in [-0.05, 0) is 61.5 Å². The fourth-order valence-corrected chi connectivity index (χ4v) is 3.86. The van der Waals surface area contributed by atoms with Gasteiger partial charge in [0, 0.05) is 47.2 Å². The van der Waals surface area contributed by atoms with Gasteiger partial charge in [-0.1, -0.05) is 12.1 Å². The van der Waals surface area contributed by atoms with E-state index in [1.807, 2.05) is 18.2 Å². The van der Waals surface area contributed by atoms with Crippen molar-refractivity contribution >= 4 is 29.4 Å². The van der Waals surface area contributed by atoms with Crippen molar-refractivity contribution in [3.8, 4) is 0 Å². The van der Waals surface area contributed by atoms with Gasteiger partial charge in [0.2, 0.25) is 0 Å². The number of thioether (sulfide) groups is 1. The van der Waals surface area contributed by atoms with Crippen molar-refractivity contribution in [3.05, 3.63) is 53.6 Å². The smallest absolute Gasteiger partial charge is 0.0404 e. The molecule has 1 aliphatic rings. The molecule has 1 heterocycles. The molecule has 2 aromatic rings. The second-order valence-electron chi connectivity index (χ2n) is 6.56. The zero-order valence-corrected chi connectivity index (χ0v) is 15.5. The quantitative estimate of drug-likeness (QED) is 0.416. The summed E-state index contributed by atoms with van der Waals surface area (Å²) in [6.07, 6.45) is 5.81. The van der Waals surface area contributed by atoms with Crippen LogP contribution in [0.25, 0.3) is 0 Å². The Bertz CT molecular complexity index is 731. The highest BCUT2D eigenvalue weighted by molar-refractivity contribution is 7.98. The molecule has 0 aromatic heterocycles.